The molecule has 0 heterocycles. The van der Waals surface area contributed by atoms with E-state index < -0.39 is 5.41 Å². The molecule has 4 nitrogen and oxygen atoms in total. The maximum atomic E-state index is 12.8. The van der Waals surface area contributed by atoms with E-state index in [1.807, 2.05) is 30.3 Å². The third-order valence-corrected chi connectivity index (χ3v) is 5.12. The van der Waals surface area contributed by atoms with Gasteiger partial charge in [0.2, 0.25) is 11.8 Å². The lowest BCUT2D eigenvalue weighted by Crippen LogP contribution is -2.40. The molecule has 1 N–H and O–H groups in total. The van der Waals surface area contributed by atoms with E-state index in [9.17, 15) is 9.59 Å². The molecule has 0 bridgehead atoms. The number of amides is 2. The summed E-state index contributed by atoms with van der Waals surface area (Å²) in [5, 5.41) is 3.56. The molecular weight excluding hydrogens is 359 g/mol. The lowest BCUT2D eigenvalue weighted by molar-refractivity contribution is -0.141. The van der Waals surface area contributed by atoms with Gasteiger partial charge in [0.05, 0.1) is 10.0 Å². The number of carbonyl (C=O) groups is 2. The summed E-state index contributed by atoms with van der Waals surface area (Å²) in [7, 11) is 1.72. The van der Waals surface area contributed by atoms with Crippen molar-refractivity contribution in [2.24, 2.45) is 5.41 Å². The minimum atomic E-state index is -0.977. The Morgan fingerprint density at radius 3 is 2.36 bits per heavy atom. The molecule has 3 rings (SSSR count). The second-order valence-corrected chi connectivity index (χ2v) is 7.13. The second-order valence-electron chi connectivity index (χ2n) is 6.31. The number of rotatable bonds is 5. The third kappa shape index (κ3) is 3.80. The molecule has 6 heteroatoms. The quantitative estimate of drug-likeness (QED) is 0.787. The lowest BCUT2D eigenvalue weighted by Gasteiger charge is -2.23. The number of benzene rings is 2. The van der Waals surface area contributed by atoms with Gasteiger partial charge in [-0.25, -0.2) is 0 Å². The predicted molar refractivity (Wildman–Crippen MR) is 99.7 cm³/mol. The summed E-state index contributed by atoms with van der Waals surface area (Å²) in [5.74, 6) is -0.454. The standard InChI is InChI=1S/C19H18Cl2N2O2/c1-23(12-13-5-3-2-4-6-13)18(25)19(9-10-19)17(24)22-14-7-8-15(20)16(21)11-14/h2-8,11H,9-10,12H2,1H3,(H,22,24). The van der Waals surface area contributed by atoms with Gasteiger partial charge in [0.1, 0.15) is 5.41 Å². The number of nitrogens with zero attached hydrogens (tertiary/aromatic N) is 1. The molecule has 25 heavy (non-hydrogen) atoms. The molecule has 0 saturated heterocycles. The highest BCUT2D eigenvalue weighted by atomic mass is 35.5. The van der Waals surface area contributed by atoms with Crippen LogP contribution in [0.4, 0.5) is 5.69 Å². The first-order chi connectivity index (χ1) is 11.9. The third-order valence-electron chi connectivity index (χ3n) is 4.38. The zero-order chi connectivity index (χ0) is 18.0. The molecule has 0 unspecified atom stereocenters. The fourth-order valence-corrected chi connectivity index (χ4v) is 3.08. The van der Waals surface area contributed by atoms with E-state index in [0.29, 0.717) is 35.1 Å². The van der Waals surface area contributed by atoms with Gasteiger partial charge in [-0.1, -0.05) is 53.5 Å². The van der Waals surface area contributed by atoms with Crippen molar-refractivity contribution in [1.82, 2.24) is 4.90 Å². The number of carbonyl (C=O) groups excluding carboxylic acids is 2. The molecule has 0 aromatic heterocycles. The topological polar surface area (TPSA) is 49.4 Å². The van der Waals surface area contributed by atoms with Crippen molar-refractivity contribution in [3.63, 3.8) is 0 Å². The highest BCUT2D eigenvalue weighted by Crippen LogP contribution is 2.48. The Labute approximate surface area is 156 Å². The molecule has 1 saturated carbocycles. The Balaban J connectivity index is 1.69. The first-order valence-corrected chi connectivity index (χ1v) is 8.74. The predicted octanol–water partition coefficient (Wildman–Crippen LogP) is 4.37. The van der Waals surface area contributed by atoms with E-state index in [2.05, 4.69) is 5.32 Å². The van der Waals surface area contributed by atoms with E-state index in [4.69, 9.17) is 23.2 Å². The molecule has 130 valence electrons. The van der Waals surface area contributed by atoms with Crippen LogP contribution in [-0.2, 0) is 16.1 Å². The van der Waals surface area contributed by atoms with Crippen LogP contribution in [0.1, 0.15) is 18.4 Å². The van der Waals surface area contributed by atoms with Crippen molar-refractivity contribution in [1.29, 1.82) is 0 Å². The SMILES string of the molecule is CN(Cc1ccccc1)C(=O)C1(C(=O)Nc2ccc(Cl)c(Cl)c2)CC1. The smallest absolute Gasteiger partial charge is 0.240 e. The zero-order valence-corrected chi connectivity index (χ0v) is 15.3. The molecule has 2 amide bonds. The van der Waals surface area contributed by atoms with Crippen molar-refractivity contribution in [3.8, 4) is 0 Å². The van der Waals surface area contributed by atoms with Gasteiger partial charge in [0.15, 0.2) is 0 Å². The number of halogens is 2. The monoisotopic (exact) mass is 376 g/mol. The van der Waals surface area contributed by atoms with Crippen molar-refractivity contribution < 1.29 is 9.59 Å². The highest BCUT2D eigenvalue weighted by molar-refractivity contribution is 6.42. The van der Waals surface area contributed by atoms with Gasteiger partial charge >= 0.3 is 0 Å². The molecule has 2 aromatic carbocycles. The van der Waals surface area contributed by atoms with Gasteiger partial charge < -0.3 is 10.2 Å². The molecule has 2 aromatic rings. The van der Waals surface area contributed by atoms with Crippen molar-refractivity contribution in [3.05, 3.63) is 64.1 Å². The van der Waals surface area contributed by atoms with Crippen molar-refractivity contribution in [2.75, 3.05) is 12.4 Å². The summed E-state index contributed by atoms with van der Waals surface area (Å²) < 4.78 is 0. The molecular formula is C19H18Cl2N2O2. The fourth-order valence-electron chi connectivity index (χ4n) is 2.78. The first kappa shape index (κ1) is 17.8. The van der Waals surface area contributed by atoms with E-state index in [-0.39, 0.29) is 11.8 Å². The number of hydrogen-bond acceptors (Lipinski definition) is 2. The molecule has 0 atom stereocenters. The number of anilines is 1. The van der Waals surface area contributed by atoms with E-state index >= 15 is 0 Å². The Bertz CT molecular complexity index is 804. The molecule has 1 aliphatic carbocycles. The summed E-state index contributed by atoms with van der Waals surface area (Å²) in [5.41, 5.74) is 0.582. The van der Waals surface area contributed by atoms with E-state index in [0.717, 1.165) is 5.56 Å². The summed E-state index contributed by atoms with van der Waals surface area (Å²) in [6.07, 6.45) is 1.11. The number of hydrogen-bond donors (Lipinski definition) is 1. The maximum absolute atomic E-state index is 12.8. The molecule has 0 aliphatic heterocycles. The van der Waals surface area contributed by atoms with Crippen molar-refractivity contribution >= 4 is 40.7 Å². The summed E-state index contributed by atoms with van der Waals surface area (Å²) in [6, 6.07) is 14.6. The van der Waals surface area contributed by atoms with E-state index in [1.54, 1.807) is 30.1 Å². The molecule has 0 spiro atoms. The summed E-state index contributed by atoms with van der Waals surface area (Å²) in [4.78, 5) is 27.1. The van der Waals surface area contributed by atoms with Crippen LogP contribution in [0.25, 0.3) is 0 Å². The minimum Gasteiger partial charge on any atom is -0.340 e. The summed E-state index contributed by atoms with van der Waals surface area (Å²) >= 11 is 11.9. The van der Waals surface area contributed by atoms with Gasteiger partial charge in [0.25, 0.3) is 0 Å². The second kappa shape index (κ2) is 7.06. The highest BCUT2D eigenvalue weighted by Gasteiger charge is 2.57. The Morgan fingerprint density at radius 1 is 1.08 bits per heavy atom. The molecule has 1 aliphatic rings. The van der Waals surface area contributed by atoms with Crippen LogP contribution in [0.15, 0.2) is 48.5 Å². The van der Waals surface area contributed by atoms with Crippen LogP contribution in [-0.4, -0.2) is 23.8 Å². The van der Waals surface area contributed by atoms with Gasteiger partial charge in [-0.2, -0.15) is 0 Å². The van der Waals surface area contributed by atoms with Gasteiger partial charge in [-0.3, -0.25) is 9.59 Å². The Hall–Kier alpha value is -2.04. The van der Waals surface area contributed by atoms with Gasteiger partial charge in [-0.15, -0.1) is 0 Å². The zero-order valence-electron chi connectivity index (χ0n) is 13.8. The first-order valence-electron chi connectivity index (χ1n) is 7.98. The average molecular weight is 377 g/mol. The van der Waals surface area contributed by atoms with Crippen LogP contribution >= 0.6 is 23.2 Å². The minimum absolute atomic E-state index is 0.158. The normalized spacial score (nSPS) is 14.7. The van der Waals surface area contributed by atoms with Crippen LogP contribution < -0.4 is 5.32 Å². The maximum Gasteiger partial charge on any atom is 0.240 e. The number of nitrogens with one attached hydrogen (secondary N) is 1. The largest absolute Gasteiger partial charge is 0.340 e. The Morgan fingerprint density at radius 2 is 1.76 bits per heavy atom. The average Bonchev–Trinajstić information content (AvgIpc) is 3.40. The van der Waals surface area contributed by atoms with Crippen LogP contribution in [0.3, 0.4) is 0 Å². The van der Waals surface area contributed by atoms with Crippen LogP contribution in [0, 0.1) is 5.41 Å². The van der Waals surface area contributed by atoms with Crippen LogP contribution in [0.2, 0.25) is 10.0 Å². The Kier molecular flexibility index (Phi) is 5.02. The van der Waals surface area contributed by atoms with Gasteiger partial charge in [0, 0.05) is 19.3 Å². The molecule has 1 fully saturated rings. The fraction of sp³-hybridized carbons (Fsp3) is 0.263. The van der Waals surface area contributed by atoms with E-state index in [1.165, 1.54) is 0 Å². The van der Waals surface area contributed by atoms with Crippen LogP contribution in [0.5, 0.6) is 0 Å². The van der Waals surface area contributed by atoms with Crippen molar-refractivity contribution in [2.45, 2.75) is 19.4 Å². The summed E-state index contributed by atoms with van der Waals surface area (Å²) in [6.45, 7) is 0.474. The lowest BCUT2D eigenvalue weighted by atomic mass is 10.0. The van der Waals surface area contributed by atoms with Gasteiger partial charge in [-0.05, 0) is 36.6 Å². The molecule has 0 radical (unpaired) electrons.